The smallest absolute Gasteiger partial charge is 0.00185 e. The average Bonchev–Trinajstić information content (AvgIpc) is 2.69. The minimum absolute atomic E-state index is 0.404. The molecule has 1 aromatic rings. The summed E-state index contributed by atoms with van der Waals surface area (Å²) < 4.78 is 0. The zero-order valence-corrected chi connectivity index (χ0v) is 8.29. The second-order valence-corrected chi connectivity index (χ2v) is 4.02. The summed E-state index contributed by atoms with van der Waals surface area (Å²) in [5.74, 6) is 0. The summed E-state index contributed by atoms with van der Waals surface area (Å²) in [6.07, 6.45) is 7.86. The molecule has 0 atom stereocenters. The van der Waals surface area contributed by atoms with Gasteiger partial charge in [0.25, 0.3) is 0 Å². The van der Waals surface area contributed by atoms with Crippen LogP contribution in [0.2, 0.25) is 0 Å². The lowest BCUT2D eigenvalue weighted by Gasteiger charge is -2.27. The first-order valence-electron chi connectivity index (χ1n) is 5.23. The maximum absolute atomic E-state index is 2.40. The largest absolute Gasteiger partial charge is 0.0622 e. The Kier molecular flexibility index (Phi) is 2.39. The number of benzene rings is 1. The Balaban J connectivity index is 2.31. The minimum atomic E-state index is 0.404. The van der Waals surface area contributed by atoms with Crippen LogP contribution in [0.15, 0.2) is 30.3 Å². The second kappa shape index (κ2) is 3.53. The van der Waals surface area contributed by atoms with Crippen LogP contribution in [-0.2, 0) is 5.41 Å². The van der Waals surface area contributed by atoms with Gasteiger partial charge in [0.1, 0.15) is 0 Å². The molecule has 0 heteroatoms. The van der Waals surface area contributed by atoms with Gasteiger partial charge in [-0.3, -0.25) is 0 Å². The average molecular weight is 173 g/mol. The van der Waals surface area contributed by atoms with Crippen LogP contribution >= 0.6 is 0 Å². The molecule has 1 aromatic carbocycles. The Labute approximate surface area is 81.0 Å². The van der Waals surface area contributed by atoms with Gasteiger partial charge in [-0.25, -0.2) is 0 Å². The zero-order chi connectivity index (χ0) is 9.15. The molecule has 0 nitrogen and oxygen atoms in total. The molecule has 0 aliphatic heterocycles. The van der Waals surface area contributed by atoms with Crippen molar-refractivity contribution in [3.05, 3.63) is 42.3 Å². The monoisotopic (exact) mass is 173 g/mol. The van der Waals surface area contributed by atoms with Crippen molar-refractivity contribution in [1.29, 1.82) is 0 Å². The third kappa shape index (κ3) is 1.50. The van der Waals surface area contributed by atoms with Crippen molar-refractivity contribution in [3.8, 4) is 0 Å². The normalized spacial score (nSPS) is 20.4. The number of hydrogen-bond donors (Lipinski definition) is 0. The zero-order valence-electron chi connectivity index (χ0n) is 8.29. The lowest BCUT2D eigenvalue weighted by molar-refractivity contribution is 0.515. The molecule has 0 amide bonds. The predicted octanol–water partition coefficient (Wildman–Crippen LogP) is 3.72. The molecular formula is C13H17. The van der Waals surface area contributed by atoms with E-state index in [0.29, 0.717) is 5.41 Å². The van der Waals surface area contributed by atoms with Gasteiger partial charge in [0.05, 0.1) is 0 Å². The van der Waals surface area contributed by atoms with Crippen LogP contribution in [0.5, 0.6) is 0 Å². The highest BCUT2D eigenvalue weighted by Crippen LogP contribution is 2.42. The van der Waals surface area contributed by atoms with Crippen LogP contribution in [0.1, 0.15) is 38.2 Å². The molecule has 0 spiro atoms. The quantitative estimate of drug-likeness (QED) is 0.639. The molecule has 1 radical (unpaired) electrons. The highest BCUT2D eigenvalue weighted by Gasteiger charge is 2.33. The van der Waals surface area contributed by atoms with Crippen LogP contribution in [0.3, 0.4) is 0 Å². The van der Waals surface area contributed by atoms with Gasteiger partial charge < -0.3 is 0 Å². The molecule has 0 N–H and O–H groups in total. The lowest BCUT2D eigenvalue weighted by Crippen LogP contribution is -2.20. The van der Waals surface area contributed by atoms with Crippen LogP contribution in [0, 0.1) is 6.42 Å². The first-order valence-corrected chi connectivity index (χ1v) is 5.23. The Morgan fingerprint density at radius 1 is 1.08 bits per heavy atom. The standard InChI is InChI=1S/C13H17/c1-2-13(10-6-7-11-13)12-8-4-3-5-9-12/h2-5,8-9H,6-7,10-11H2,1H3. The van der Waals surface area contributed by atoms with E-state index in [-0.39, 0.29) is 0 Å². The van der Waals surface area contributed by atoms with Crippen LogP contribution in [0.4, 0.5) is 0 Å². The SMILES string of the molecule is C[CH]C1(c2ccccc2)CCCC1. The van der Waals surface area contributed by atoms with Gasteiger partial charge in [-0.15, -0.1) is 0 Å². The van der Waals surface area contributed by atoms with Crippen molar-refractivity contribution < 1.29 is 0 Å². The van der Waals surface area contributed by atoms with Gasteiger partial charge in [-0.2, -0.15) is 0 Å². The molecule has 13 heavy (non-hydrogen) atoms. The van der Waals surface area contributed by atoms with Crippen molar-refractivity contribution in [2.75, 3.05) is 0 Å². The molecule has 1 aliphatic rings. The Morgan fingerprint density at radius 3 is 2.23 bits per heavy atom. The van der Waals surface area contributed by atoms with E-state index in [4.69, 9.17) is 0 Å². The van der Waals surface area contributed by atoms with E-state index in [0.717, 1.165) is 0 Å². The van der Waals surface area contributed by atoms with Crippen molar-refractivity contribution in [2.45, 2.75) is 38.0 Å². The fourth-order valence-corrected chi connectivity index (χ4v) is 2.52. The molecule has 1 saturated carbocycles. The molecule has 1 aliphatic carbocycles. The molecule has 0 bridgehead atoms. The second-order valence-electron chi connectivity index (χ2n) is 4.02. The van der Waals surface area contributed by atoms with Gasteiger partial charge in [-0.1, -0.05) is 50.1 Å². The summed E-state index contributed by atoms with van der Waals surface area (Å²) >= 11 is 0. The van der Waals surface area contributed by atoms with E-state index in [1.807, 2.05) is 0 Å². The van der Waals surface area contributed by atoms with Crippen molar-refractivity contribution in [3.63, 3.8) is 0 Å². The molecular weight excluding hydrogens is 156 g/mol. The maximum atomic E-state index is 2.40. The molecule has 0 saturated heterocycles. The fourth-order valence-electron chi connectivity index (χ4n) is 2.52. The van der Waals surface area contributed by atoms with Gasteiger partial charge in [0.2, 0.25) is 0 Å². The lowest BCUT2D eigenvalue weighted by atomic mass is 9.77. The van der Waals surface area contributed by atoms with E-state index in [9.17, 15) is 0 Å². The van der Waals surface area contributed by atoms with E-state index >= 15 is 0 Å². The fraction of sp³-hybridized carbons (Fsp3) is 0.462. The van der Waals surface area contributed by atoms with Gasteiger partial charge in [0.15, 0.2) is 0 Å². The molecule has 1 fully saturated rings. The van der Waals surface area contributed by atoms with Crippen molar-refractivity contribution in [2.24, 2.45) is 0 Å². The summed E-state index contributed by atoms with van der Waals surface area (Å²) in [6.45, 7) is 2.21. The number of hydrogen-bond acceptors (Lipinski definition) is 0. The Hall–Kier alpha value is -0.780. The Bertz CT molecular complexity index is 255. The third-order valence-corrected chi connectivity index (χ3v) is 3.40. The van der Waals surface area contributed by atoms with E-state index < -0.39 is 0 Å². The van der Waals surface area contributed by atoms with E-state index in [2.05, 4.69) is 43.7 Å². The van der Waals surface area contributed by atoms with Crippen LogP contribution in [-0.4, -0.2) is 0 Å². The van der Waals surface area contributed by atoms with E-state index in [1.54, 1.807) is 0 Å². The summed E-state index contributed by atoms with van der Waals surface area (Å²) in [4.78, 5) is 0. The van der Waals surface area contributed by atoms with Crippen molar-refractivity contribution in [1.82, 2.24) is 0 Å². The summed E-state index contributed by atoms with van der Waals surface area (Å²) in [7, 11) is 0. The van der Waals surface area contributed by atoms with Crippen LogP contribution in [0.25, 0.3) is 0 Å². The molecule has 0 unspecified atom stereocenters. The molecule has 69 valence electrons. The maximum Gasteiger partial charge on any atom is -0.00185 e. The minimum Gasteiger partial charge on any atom is -0.0622 e. The summed E-state index contributed by atoms with van der Waals surface area (Å²) in [6, 6.07) is 10.9. The van der Waals surface area contributed by atoms with Gasteiger partial charge in [-0.05, 0) is 30.2 Å². The summed E-state index contributed by atoms with van der Waals surface area (Å²) in [5.41, 5.74) is 1.91. The van der Waals surface area contributed by atoms with Gasteiger partial charge >= 0.3 is 0 Å². The van der Waals surface area contributed by atoms with Gasteiger partial charge in [0, 0.05) is 0 Å². The first kappa shape index (κ1) is 8.80. The molecule has 2 rings (SSSR count). The number of rotatable bonds is 2. The highest BCUT2D eigenvalue weighted by molar-refractivity contribution is 5.29. The summed E-state index contributed by atoms with van der Waals surface area (Å²) in [5, 5.41) is 0. The third-order valence-electron chi connectivity index (χ3n) is 3.40. The van der Waals surface area contributed by atoms with Crippen molar-refractivity contribution >= 4 is 0 Å². The predicted molar refractivity (Wildman–Crippen MR) is 56.6 cm³/mol. The highest BCUT2D eigenvalue weighted by atomic mass is 14.4. The first-order chi connectivity index (χ1) is 6.37. The van der Waals surface area contributed by atoms with Crippen LogP contribution < -0.4 is 0 Å². The molecule has 0 aromatic heterocycles. The Morgan fingerprint density at radius 2 is 1.69 bits per heavy atom. The molecule has 0 heterocycles. The topological polar surface area (TPSA) is 0 Å². The van der Waals surface area contributed by atoms with E-state index in [1.165, 1.54) is 31.2 Å².